The zero-order valence-electron chi connectivity index (χ0n) is 8.18. The molecule has 4 heteroatoms. The number of anilines is 1. The van der Waals surface area contributed by atoms with Gasteiger partial charge in [0.05, 0.1) is 5.69 Å². The fourth-order valence-corrected chi connectivity index (χ4v) is 0.912. The number of amides is 2. The van der Waals surface area contributed by atoms with Gasteiger partial charge < -0.3 is 5.73 Å². The molecule has 0 aromatic heterocycles. The van der Waals surface area contributed by atoms with Crippen LogP contribution in [0.2, 0.25) is 0 Å². The predicted molar refractivity (Wildman–Crippen MR) is 60.4 cm³/mol. The van der Waals surface area contributed by atoms with Crippen LogP contribution in [0.4, 0.5) is 10.5 Å². The second-order valence-electron chi connectivity index (χ2n) is 2.75. The van der Waals surface area contributed by atoms with Crippen LogP contribution >= 0.6 is 0 Å². The molecule has 0 spiro atoms. The molecule has 0 saturated heterocycles. The molecule has 0 bridgehead atoms. The van der Waals surface area contributed by atoms with Crippen molar-refractivity contribution in [3.05, 3.63) is 54.6 Å². The van der Waals surface area contributed by atoms with Gasteiger partial charge in [0.1, 0.15) is 0 Å². The summed E-state index contributed by atoms with van der Waals surface area (Å²) in [5.74, 6) is 0. The van der Waals surface area contributed by atoms with E-state index in [4.69, 9.17) is 5.73 Å². The summed E-state index contributed by atoms with van der Waals surface area (Å²) in [5, 5.41) is 0. The van der Waals surface area contributed by atoms with E-state index >= 15 is 0 Å². The lowest BCUT2D eigenvalue weighted by Crippen LogP contribution is -2.34. The van der Waals surface area contributed by atoms with Crippen molar-refractivity contribution in [2.75, 3.05) is 5.43 Å². The average molecular weight is 203 g/mol. The number of carbonyl (C=O) groups excluding carboxylic acids is 1. The van der Waals surface area contributed by atoms with E-state index in [9.17, 15) is 4.79 Å². The number of urea groups is 1. The Hall–Kier alpha value is -2.23. The fraction of sp³-hybridized carbons (Fsp3) is 0. The van der Waals surface area contributed by atoms with Crippen molar-refractivity contribution in [3.8, 4) is 0 Å². The van der Waals surface area contributed by atoms with Crippen LogP contribution in [-0.4, -0.2) is 6.03 Å². The van der Waals surface area contributed by atoms with Gasteiger partial charge in [-0.1, -0.05) is 42.5 Å². The first-order valence-corrected chi connectivity index (χ1v) is 4.49. The second kappa shape index (κ2) is 6.26. The van der Waals surface area contributed by atoms with E-state index in [0.29, 0.717) is 0 Å². The summed E-state index contributed by atoms with van der Waals surface area (Å²) in [6.45, 7) is 0. The molecule has 0 unspecified atom stereocenters. The molecule has 0 saturated carbocycles. The van der Waals surface area contributed by atoms with Crippen molar-refractivity contribution in [2.24, 2.45) is 5.73 Å². The molecule has 0 radical (unpaired) electrons. The molecule has 0 atom stereocenters. The third-order valence-corrected chi connectivity index (χ3v) is 1.55. The van der Waals surface area contributed by atoms with Crippen LogP contribution in [0, 0.1) is 0 Å². The number of nitrogens with two attached hydrogens (primary N) is 1. The van der Waals surface area contributed by atoms with Gasteiger partial charge in [-0.2, -0.15) is 0 Å². The molecule has 78 valence electrons. The minimum atomic E-state index is -0.624. The van der Waals surface area contributed by atoms with Crippen LogP contribution in [0.25, 0.3) is 0 Å². The van der Waals surface area contributed by atoms with E-state index in [-0.39, 0.29) is 0 Å². The highest BCUT2D eigenvalue weighted by Gasteiger charge is 1.88. The number of rotatable bonds is 2. The standard InChI is InChI=1S/C11H13N3O/c12-11(15)14-13-10-8-6-4-2-1-3-5-7-9-10/h1-9,13H,(H3,12,14,15). The first-order valence-electron chi connectivity index (χ1n) is 4.49. The Kier molecular flexibility index (Phi) is 4.53. The van der Waals surface area contributed by atoms with E-state index in [1.807, 2.05) is 54.6 Å². The SMILES string of the molecule is NC(=O)NNc1ccccccccc1. The van der Waals surface area contributed by atoms with E-state index in [1.54, 1.807) is 0 Å². The first-order chi connectivity index (χ1) is 7.29. The van der Waals surface area contributed by atoms with Crippen molar-refractivity contribution < 1.29 is 4.79 Å². The minimum Gasteiger partial charge on any atom is -0.350 e. The summed E-state index contributed by atoms with van der Waals surface area (Å²) >= 11 is 0. The van der Waals surface area contributed by atoms with Gasteiger partial charge in [-0.15, -0.1) is 0 Å². The fourth-order valence-electron chi connectivity index (χ4n) is 0.912. The number of primary amides is 1. The highest BCUT2D eigenvalue weighted by molar-refractivity contribution is 5.73. The Morgan fingerprint density at radius 2 is 1.40 bits per heavy atom. The average Bonchev–Trinajstić information content (AvgIpc) is 2.23. The second-order valence-corrected chi connectivity index (χ2v) is 2.75. The summed E-state index contributed by atoms with van der Waals surface area (Å²) in [5.41, 5.74) is 10.6. The first kappa shape index (κ1) is 10.8. The largest absolute Gasteiger partial charge is 0.350 e. The number of hydrogen-bond donors (Lipinski definition) is 3. The van der Waals surface area contributed by atoms with Crippen LogP contribution in [0.3, 0.4) is 0 Å². The lowest BCUT2D eigenvalue weighted by molar-refractivity contribution is 0.250. The van der Waals surface area contributed by atoms with Crippen LogP contribution in [-0.2, 0) is 0 Å². The smallest absolute Gasteiger partial charge is 0.330 e. The molecule has 0 heterocycles. The maximum atomic E-state index is 10.5. The molecular formula is C11H13N3O. The molecule has 2 amide bonds. The zero-order valence-corrected chi connectivity index (χ0v) is 8.18. The molecule has 4 nitrogen and oxygen atoms in total. The van der Waals surface area contributed by atoms with Crippen LogP contribution < -0.4 is 16.6 Å². The molecule has 0 fully saturated rings. The molecule has 15 heavy (non-hydrogen) atoms. The van der Waals surface area contributed by atoms with Crippen LogP contribution in [0.15, 0.2) is 54.6 Å². The van der Waals surface area contributed by atoms with Crippen molar-refractivity contribution in [2.45, 2.75) is 0 Å². The van der Waals surface area contributed by atoms with Crippen molar-refractivity contribution >= 4 is 11.7 Å². The van der Waals surface area contributed by atoms with Gasteiger partial charge >= 0.3 is 6.03 Å². The third-order valence-electron chi connectivity index (χ3n) is 1.55. The van der Waals surface area contributed by atoms with Gasteiger partial charge in [-0.25, -0.2) is 4.79 Å². The Labute approximate surface area is 88.4 Å². The third kappa shape index (κ3) is 5.15. The molecule has 4 N–H and O–H groups in total. The Bertz CT molecular complexity index is 353. The summed E-state index contributed by atoms with van der Waals surface area (Å²) < 4.78 is 0. The molecule has 1 rings (SSSR count). The quantitative estimate of drug-likeness (QED) is 0.642. The van der Waals surface area contributed by atoms with E-state index in [1.165, 1.54) is 0 Å². The van der Waals surface area contributed by atoms with Gasteiger partial charge in [0.25, 0.3) is 0 Å². The topological polar surface area (TPSA) is 67.2 Å². The summed E-state index contributed by atoms with van der Waals surface area (Å²) in [7, 11) is 0. The van der Waals surface area contributed by atoms with E-state index < -0.39 is 6.03 Å². The van der Waals surface area contributed by atoms with Crippen molar-refractivity contribution in [1.29, 1.82) is 0 Å². The monoisotopic (exact) mass is 203 g/mol. The Balaban J connectivity index is 2.84. The highest BCUT2D eigenvalue weighted by Crippen LogP contribution is 1.99. The number of hydrogen-bond acceptors (Lipinski definition) is 2. The lowest BCUT2D eigenvalue weighted by Gasteiger charge is -2.03. The molecule has 0 aliphatic heterocycles. The van der Waals surface area contributed by atoms with E-state index in [2.05, 4.69) is 10.9 Å². The van der Waals surface area contributed by atoms with Crippen molar-refractivity contribution in [3.63, 3.8) is 0 Å². The molecular weight excluding hydrogens is 190 g/mol. The van der Waals surface area contributed by atoms with Crippen LogP contribution in [0.1, 0.15) is 0 Å². The van der Waals surface area contributed by atoms with Gasteiger partial charge in [0.2, 0.25) is 0 Å². The van der Waals surface area contributed by atoms with E-state index in [0.717, 1.165) is 5.69 Å². The highest BCUT2D eigenvalue weighted by atomic mass is 16.2. The maximum absolute atomic E-state index is 10.5. The van der Waals surface area contributed by atoms with Gasteiger partial charge in [-0.3, -0.25) is 10.9 Å². The number of nitrogens with one attached hydrogen (secondary N) is 2. The Morgan fingerprint density at radius 1 is 0.933 bits per heavy atom. The van der Waals surface area contributed by atoms with Crippen molar-refractivity contribution in [1.82, 2.24) is 5.43 Å². The van der Waals surface area contributed by atoms with Gasteiger partial charge in [0, 0.05) is 0 Å². The summed E-state index contributed by atoms with van der Waals surface area (Å²) in [6.07, 6.45) is 0. The normalized spacial score (nSPS) is 8.53. The molecule has 1 aromatic rings. The lowest BCUT2D eigenvalue weighted by atomic mass is 10.3. The number of carbonyl (C=O) groups is 1. The minimum absolute atomic E-state index is 0.624. The summed E-state index contributed by atoms with van der Waals surface area (Å²) in [6, 6.07) is 16.2. The zero-order chi connectivity index (χ0) is 10.9. The van der Waals surface area contributed by atoms with Gasteiger partial charge in [-0.05, 0) is 12.1 Å². The Morgan fingerprint density at radius 3 is 1.87 bits per heavy atom. The van der Waals surface area contributed by atoms with Gasteiger partial charge in [0.15, 0.2) is 0 Å². The number of hydrazine groups is 1. The molecule has 0 aliphatic rings. The molecule has 0 aliphatic carbocycles. The maximum Gasteiger partial charge on any atom is 0.330 e. The molecule has 1 aromatic carbocycles. The predicted octanol–water partition coefficient (Wildman–Crippen LogP) is 1.81. The van der Waals surface area contributed by atoms with Crippen LogP contribution in [0.5, 0.6) is 0 Å². The summed E-state index contributed by atoms with van der Waals surface area (Å²) in [4.78, 5) is 10.5.